The first kappa shape index (κ1) is 11.2. The quantitative estimate of drug-likeness (QED) is 0.843. The zero-order valence-electron chi connectivity index (χ0n) is 9.64. The van der Waals surface area contributed by atoms with E-state index in [9.17, 15) is 9.90 Å². The summed E-state index contributed by atoms with van der Waals surface area (Å²) in [4.78, 5) is 13.6. The van der Waals surface area contributed by atoms with Crippen molar-refractivity contribution >= 4 is 5.91 Å². The smallest absolute Gasteiger partial charge is 0.256 e. The number of carbonyl (C=O) groups excluding carboxylic acids is 1. The largest absolute Gasteiger partial charge is 0.469 e. The van der Waals surface area contributed by atoms with E-state index < -0.39 is 0 Å². The minimum absolute atomic E-state index is 0.0155. The van der Waals surface area contributed by atoms with Crippen molar-refractivity contribution in [2.24, 2.45) is 5.92 Å². The highest BCUT2D eigenvalue weighted by molar-refractivity contribution is 5.93. The number of rotatable bonds is 3. The van der Waals surface area contributed by atoms with E-state index in [-0.39, 0.29) is 12.0 Å². The molecule has 0 unspecified atom stereocenters. The van der Waals surface area contributed by atoms with E-state index >= 15 is 0 Å². The van der Waals surface area contributed by atoms with Crippen molar-refractivity contribution in [2.45, 2.75) is 25.9 Å². The van der Waals surface area contributed by atoms with Gasteiger partial charge in [-0.1, -0.05) is 0 Å². The molecule has 2 rings (SSSR count). The second-order valence-electron chi connectivity index (χ2n) is 4.62. The van der Waals surface area contributed by atoms with Crippen molar-refractivity contribution in [3.8, 4) is 0 Å². The second kappa shape index (κ2) is 4.29. The van der Waals surface area contributed by atoms with Gasteiger partial charge < -0.3 is 14.4 Å². The highest BCUT2D eigenvalue weighted by Gasteiger charge is 2.29. The van der Waals surface area contributed by atoms with E-state index in [1.54, 1.807) is 18.0 Å². The average Bonchev–Trinajstić information content (AvgIpc) is 2.61. The number of amides is 1. The maximum Gasteiger partial charge on any atom is 0.256 e. The van der Waals surface area contributed by atoms with Crippen LogP contribution in [0.15, 0.2) is 16.7 Å². The van der Waals surface area contributed by atoms with Crippen LogP contribution in [0.1, 0.15) is 29.0 Å². The SMILES string of the molecule is Cc1cc(C(=O)N(C)CC2CC(O)C2)co1. The average molecular weight is 223 g/mol. The summed E-state index contributed by atoms with van der Waals surface area (Å²) < 4.78 is 5.11. The highest BCUT2D eigenvalue weighted by Crippen LogP contribution is 2.27. The molecule has 16 heavy (non-hydrogen) atoms. The molecule has 0 bridgehead atoms. The molecule has 0 aromatic carbocycles. The predicted molar refractivity (Wildman–Crippen MR) is 59.1 cm³/mol. The third kappa shape index (κ3) is 2.27. The van der Waals surface area contributed by atoms with Crippen LogP contribution in [0.25, 0.3) is 0 Å². The van der Waals surface area contributed by atoms with Gasteiger partial charge in [0.2, 0.25) is 0 Å². The summed E-state index contributed by atoms with van der Waals surface area (Å²) in [6, 6.07) is 1.74. The van der Waals surface area contributed by atoms with Gasteiger partial charge in [-0.2, -0.15) is 0 Å². The molecule has 1 aromatic heterocycles. The molecule has 1 heterocycles. The molecule has 0 atom stereocenters. The molecule has 88 valence electrons. The van der Waals surface area contributed by atoms with E-state index in [2.05, 4.69) is 0 Å². The predicted octanol–water partition coefficient (Wildman–Crippen LogP) is 1.43. The van der Waals surface area contributed by atoms with E-state index in [0.717, 1.165) is 18.6 Å². The topological polar surface area (TPSA) is 53.7 Å². The van der Waals surface area contributed by atoms with Crippen molar-refractivity contribution in [1.29, 1.82) is 0 Å². The summed E-state index contributed by atoms with van der Waals surface area (Å²) in [5.74, 6) is 1.17. The molecule has 0 saturated heterocycles. The van der Waals surface area contributed by atoms with Crippen molar-refractivity contribution in [2.75, 3.05) is 13.6 Å². The third-order valence-corrected chi connectivity index (χ3v) is 3.07. The van der Waals surface area contributed by atoms with Gasteiger partial charge in [-0.25, -0.2) is 0 Å². The van der Waals surface area contributed by atoms with Crippen molar-refractivity contribution in [3.63, 3.8) is 0 Å². The number of carbonyl (C=O) groups is 1. The first-order chi connectivity index (χ1) is 7.56. The van der Waals surface area contributed by atoms with Crippen LogP contribution in [0.2, 0.25) is 0 Å². The molecule has 1 amide bonds. The maximum atomic E-state index is 11.9. The molecular formula is C12H17NO3. The van der Waals surface area contributed by atoms with Crippen LogP contribution in [-0.4, -0.2) is 35.6 Å². The highest BCUT2D eigenvalue weighted by atomic mass is 16.3. The fourth-order valence-electron chi connectivity index (χ4n) is 2.10. The van der Waals surface area contributed by atoms with Gasteiger partial charge in [0, 0.05) is 13.6 Å². The summed E-state index contributed by atoms with van der Waals surface area (Å²) in [5, 5.41) is 9.17. The van der Waals surface area contributed by atoms with Gasteiger partial charge in [-0.05, 0) is 31.7 Å². The van der Waals surface area contributed by atoms with Crippen LogP contribution in [0.3, 0.4) is 0 Å². The number of aliphatic hydroxyl groups excluding tert-OH is 1. The minimum Gasteiger partial charge on any atom is -0.469 e. The molecule has 4 nitrogen and oxygen atoms in total. The zero-order valence-corrected chi connectivity index (χ0v) is 9.64. The Kier molecular flexibility index (Phi) is 3.01. The fourth-order valence-corrected chi connectivity index (χ4v) is 2.10. The lowest BCUT2D eigenvalue weighted by atomic mass is 9.82. The van der Waals surface area contributed by atoms with Gasteiger partial charge >= 0.3 is 0 Å². The van der Waals surface area contributed by atoms with Crippen LogP contribution in [0.4, 0.5) is 0 Å². The molecule has 4 heteroatoms. The summed E-state index contributed by atoms with van der Waals surface area (Å²) >= 11 is 0. The molecular weight excluding hydrogens is 206 g/mol. The Labute approximate surface area is 94.9 Å². The van der Waals surface area contributed by atoms with Crippen LogP contribution in [0, 0.1) is 12.8 Å². The lowest BCUT2D eigenvalue weighted by molar-refractivity contribution is 0.0265. The van der Waals surface area contributed by atoms with E-state index in [4.69, 9.17) is 4.42 Å². The Hall–Kier alpha value is -1.29. The summed E-state index contributed by atoms with van der Waals surface area (Å²) in [6.07, 6.45) is 2.94. The van der Waals surface area contributed by atoms with Crippen LogP contribution in [-0.2, 0) is 0 Å². The third-order valence-electron chi connectivity index (χ3n) is 3.07. The first-order valence-electron chi connectivity index (χ1n) is 5.55. The molecule has 0 aliphatic heterocycles. The Balaban J connectivity index is 1.89. The van der Waals surface area contributed by atoms with Gasteiger partial charge in [0.1, 0.15) is 12.0 Å². The van der Waals surface area contributed by atoms with Crippen molar-refractivity contribution in [3.05, 3.63) is 23.7 Å². The van der Waals surface area contributed by atoms with Crippen LogP contribution < -0.4 is 0 Å². The Bertz CT molecular complexity index is 379. The summed E-state index contributed by atoms with van der Waals surface area (Å²) in [7, 11) is 1.79. The summed E-state index contributed by atoms with van der Waals surface area (Å²) in [6.45, 7) is 2.53. The lowest BCUT2D eigenvalue weighted by Crippen LogP contribution is -2.39. The molecule has 1 fully saturated rings. The fraction of sp³-hybridized carbons (Fsp3) is 0.583. The number of furan rings is 1. The number of hydrogen-bond acceptors (Lipinski definition) is 3. The second-order valence-corrected chi connectivity index (χ2v) is 4.62. The molecule has 1 aromatic rings. The number of hydrogen-bond donors (Lipinski definition) is 1. The van der Waals surface area contributed by atoms with E-state index in [1.807, 2.05) is 6.92 Å². The number of nitrogens with zero attached hydrogens (tertiary/aromatic N) is 1. The molecule has 0 radical (unpaired) electrons. The van der Waals surface area contributed by atoms with Crippen LogP contribution >= 0.6 is 0 Å². The Morgan fingerprint density at radius 1 is 1.62 bits per heavy atom. The molecule has 1 saturated carbocycles. The summed E-state index contributed by atoms with van der Waals surface area (Å²) in [5.41, 5.74) is 0.597. The van der Waals surface area contributed by atoms with Gasteiger partial charge in [-0.15, -0.1) is 0 Å². The molecule has 1 N–H and O–H groups in total. The van der Waals surface area contributed by atoms with E-state index in [1.165, 1.54) is 6.26 Å². The Morgan fingerprint density at radius 2 is 2.31 bits per heavy atom. The monoisotopic (exact) mass is 223 g/mol. The number of aryl methyl sites for hydroxylation is 1. The van der Waals surface area contributed by atoms with Crippen molar-refractivity contribution in [1.82, 2.24) is 4.90 Å². The van der Waals surface area contributed by atoms with Gasteiger partial charge in [0.05, 0.1) is 11.7 Å². The number of aliphatic hydroxyl groups is 1. The molecule has 1 aliphatic carbocycles. The van der Waals surface area contributed by atoms with Crippen LogP contribution in [0.5, 0.6) is 0 Å². The van der Waals surface area contributed by atoms with Gasteiger partial charge in [0.15, 0.2) is 0 Å². The lowest BCUT2D eigenvalue weighted by Gasteiger charge is -2.34. The molecule has 1 aliphatic rings. The van der Waals surface area contributed by atoms with E-state index in [0.29, 0.717) is 18.0 Å². The standard InChI is InChI=1S/C12H17NO3/c1-8-3-10(7-16-8)12(15)13(2)6-9-4-11(14)5-9/h3,7,9,11,14H,4-6H2,1-2H3. The Morgan fingerprint density at radius 3 is 2.81 bits per heavy atom. The first-order valence-corrected chi connectivity index (χ1v) is 5.55. The van der Waals surface area contributed by atoms with Gasteiger partial charge in [-0.3, -0.25) is 4.79 Å². The molecule has 0 spiro atoms. The maximum absolute atomic E-state index is 11.9. The minimum atomic E-state index is -0.162. The zero-order chi connectivity index (χ0) is 11.7. The van der Waals surface area contributed by atoms with Gasteiger partial charge in [0.25, 0.3) is 5.91 Å². The van der Waals surface area contributed by atoms with Crippen molar-refractivity contribution < 1.29 is 14.3 Å². The normalized spacial score (nSPS) is 23.9.